The number of amides is 1. The predicted octanol–water partition coefficient (Wildman–Crippen LogP) is 4.85. The molecule has 1 amide bonds. The van der Waals surface area contributed by atoms with Gasteiger partial charge in [0, 0.05) is 35.1 Å². The number of nitrogens with zero attached hydrogens (tertiary/aromatic N) is 4. The number of aromatic nitrogens is 4. The van der Waals surface area contributed by atoms with Crippen LogP contribution in [0.15, 0.2) is 67.1 Å². The normalized spacial score (nSPS) is 12.9. The van der Waals surface area contributed by atoms with E-state index in [1.54, 1.807) is 10.9 Å². The topological polar surface area (TPSA) is 96.8 Å². The molecule has 1 saturated carbocycles. The monoisotopic (exact) mass is 439 g/mol. The summed E-state index contributed by atoms with van der Waals surface area (Å²) in [7, 11) is 0. The summed E-state index contributed by atoms with van der Waals surface area (Å²) in [6.45, 7) is 3.98. The molecule has 8 nitrogen and oxygen atoms in total. The molecular weight excluding hydrogens is 414 g/mol. The van der Waals surface area contributed by atoms with Crippen LogP contribution in [-0.2, 0) is 0 Å². The fourth-order valence-corrected chi connectivity index (χ4v) is 3.52. The maximum atomic E-state index is 12.7. The molecule has 8 heteroatoms. The lowest BCUT2D eigenvalue weighted by Gasteiger charge is -2.14. The van der Waals surface area contributed by atoms with Crippen LogP contribution in [0.5, 0.6) is 0 Å². The Balaban J connectivity index is 1.36. The van der Waals surface area contributed by atoms with Crippen LogP contribution in [0.3, 0.4) is 0 Å². The van der Waals surface area contributed by atoms with Gasteiger partial charge in [-0.1, -0.05) is 23.8 Å². The molecule has 1 aliphatic carbocycles. The number of hydrogen-bond acceptors (Lipinski definition) is 6. The van der Waals surface area contributed by atoms with Crippen LogP contribution in [-0.4, -0.2) is 31.7 Å². The van der Waals surface area contributed by atoms with E-state index in [9.17, 15) is 4.79 Å². The zero-order valence-electron chi connectivity index (χ0n) is 18.5. The molecule has 3 N–H and O–H groups in total. The van der Waals surface area contributed by atoms with Gasteiger partial charge in [0.15, 0.2) is 5.82 Å². The Labute approximate surface area is 192 Å². The smallest absolute Gasteiger partial charge is 0.255 e. The Morgan fingerprint density at radius 3 is 2.73 bits per heavy atom. The van der Waals surface area contributed by atoms with Gasteiger partial charge in [0.25, 0.3) is 5.91 Å². The zero-order valence-corrected chi connectivity index (χ0v) is 18.5. The fourth-order valence-electron chi connectivity index (χ4n) is 3.52. The molecule has 4 aromatic rings. The average molecular weight is 440 g/mol. The first-order chi connectivity index (χ1) is 16.0. The van der Waals surface area contributed by atoms with Crippen LogP contribution >= 0.6 is 0 Å². The Morgan fingerprint density at radius 2 is 1.91 bits per heavy atom. The van der Waals surface area contributed by atoms with Crippen molar-refractivity contribution >= 4 is 28.9 Å². The van der Waals surface area contributed by atoms with Crippen molar-refractivity contribution < 1.29 is 4.79 Å². The molecular formula is C25H25N7O. The van der Waals surface area contributed by atoms with Crippen molar-refractivity contribution in [2.45, 2.75) is 32.7 Å². The van der Waals surface area contributed by atoms with E-state index < -0.39 is 0 Å². The summed E-state index contributed by atoms with van der Waals surface area (Å²) in [5.41, 5.74) is 4.28. The number of carbonyl (C=O) groups is 1. The molecule has 33 heavy (non-hydrogen) atoms. The molecule has 1 fully saturated rings. The van der Waals surface area contributed by atoms with Crippen molar-refractivity contribution in [2.75, 3.05) is 16.0 Å². The summed E-state index contributed by atoms with van der Waals surface area (Å²) >= 11 is 0. The maximum absolute atomic E-state index is 12.7. The lowest BCUT2D eigenvalue weighted by Crippen LogP contribution is -2.12. The van der Waals surface area contributed by atoms with E-state index >= 15 is 0 Å². The van der Waals surface area contributed by atoms with Gasteiger partial charge in [0.2, 0.25) is 0 Å². The van der Waals surface area contributed by atoms with Crippen LogP contribution < -0.4 is 16.0 Å². The van der Waals surface area contributed by atoms with E-state index in [2.05, 4.69) is 31.0 Å². The number of nitrogens with one attached hydrogen (secondary N) is 3. The van der Waals surface area contributed by atoms with Gasteiger partial charge >= 0.3 is 0 Å². The lowest BCUT2D eigenvalue weighted by molar-refractivity contribution is 0.102. The van der Waals surface area contributed by atoms with E-state index in [0.717, 1.165) is 28.5 Å². The Bertz CT molecular complexity index is 1310. The van der Waals surface area contributed by atoms with Crippen molar-refractivity contribution in [1.82, 2.24) is 19.7 Å². The third-order valence-electron chi connectivity index (χ3n) is 5.48. The molecule has 0 atom stereocenters. The lowest BCUT2D eigenvalue weighted by atomic mass is 10.1. The molecule has 2 aromatic heterocycles. The van der Waals surface area contributed by atoms with E-state index in [0.29, 0.717) is 23.1 Å². The second kappa shape index (κ2) is 8.74. The van der Waals surface area contributed by atoms with Crippen LogP contribution in [0.4, 0.5) is 23.0 Å². The first kappa shape index (κ1) is 20.7. The number of rotatable bonds is 7. The quantitative estimate of drug-likeness (QED) is 0.381. The van der Waals surface area contributed by atoms with E-state index in [1.165, 1.54) is 19.2 Å². The zero-order chi connectivity index (χ0) is 22.8. The molecule has 166 valence electrons. The van der Waals surface area contributed by atoms with Crippen molar-refractivity contribution in [3.05, 3.63) is 83.8 Å². The van der Waals surface area contributed by atoms with E-state index in [4.69, 9.17) is 0 Å². The van der Waals surface area contributed by atoms with Gasteiger partial charge in [-0.3, -0.25) is 4.79 Å². The molecule has 0 unspecified atom stereocenters. The molecule has 0 saturated heterocycles. The van der Waals surface area contributed by atoms with Gasteiger partial charge in [-0.15, -0.1) is 0 Å². The molecule has 2 aromatic carbocycles. The van der Waals surface area contributed by atoms with Crippen LogP contribution in [0.1, 0.15) is 34.3 Å². The van der Waals surface area contributed by atoms with Gasteiger partial charge in [-0.2, -0.15) is 9.78 Å². The highest BCUT2D eigenvalue weighted by Crippen LogP contribution is 2.27. The molecule has 5 rings (SSSR count). The number of carbonyl (C=O) groups excluding carboxylic acids is 1. The summed E-state index contributed by atoms with van der Waals surface area (Å²) in [6, 6.07) is 17.6. The minimum atomic E-state index is -0.143. The summed E-state index contributed by atoms with van der Waals surface area (Å²) in [5.74, 6) is 2.08. The molecule has 1 aliphatic rings. The van der Waals surface area contributed by atoms with Gasteiger partial charge in [-0.25, -0.2) is 9.97 Å². The number of aryl methyl sites for hydroxylation is 2. The van der Waals surface area contributed by atoms with Crippen molar-refractivity contribution in [3.8, 4) is 5.82 Å². The van der Waals surface area contributed by atoms with Crippen LogP contribution in [0.2, 0.25) is 0 Å². The molecule has 0 aliphatic heterocycles. The van der Waals surface area contributed by atoms with Gasteiger partial charge in [0.1, 0.15) is 18.0 Å². The Hall–Kier alpha value is -4.20. The third-order valence-corrected chi connectivity index (χ3v) is 5.48. The fraction of sp³-hybridized carbons (Fsp3) is 0.200. The molecule has 0 spiro atoms. The highest BCUT2D eigenvalue weighted by Gasteiger charge is 2.21. The first-order valence-electron chi connectivity index (χ1n) is 10.9. The summed E-state index contributed by atoms with van der Waals surface area (Å²) in [5, 5.41) is 14.2. The minimum Gasteiger partial charge on any atom is -0.367 e. The largest absolute Gasteiger partial charge is 0.367 e. The van der Waals surface area contributed by atoms with E-state index in [-0.39, 0.29) is 5.91 Å². The van der Waals surface area contributed by atoms with Crippen LogP contribution in [0.25, 0.3) is 5.82 Å². The SMILES string of the molecule is Cc1cccc(C(=O)Nc2ccc(C)c(Nc3ccnn3-c3cc(NC4CC4)ncn3)c2)c1. The number of benzene rings is 2. The highest BCUT2D eigenvalue weighted by atomic mass is 16.1. The number of hydrogen-bond donors (Lipinski definition) is 3. The van der Waals surface area contributed by atoms with Crippen molar-refractivity contribution in [1.29, 1.82) is 0 Å². The van der Waals surface area contributed by atoms with Crippen molar-refractivity contribution in [2.24, 2.45) is 0 Å². The second-order valence-corrected chi connectivity index (χ2v) is 8.29. The predicted molar refractivity (Wildman–Crippen MR) is 129 cm³/mol. The highest BCUT2D eigenvalue weighted by molar-refractivity contribution is 6.04. The van der Waals surface area contributed by atoms with Crippen LogP contribution in [0, 0.1) is 13.8 Å². The van der Waals surface area contributed by atoms with Gasteiger partial charge in [-0.05, 0) is 56.5 Å². The van der Waals surface area contributed by atoms with Gasteiger partial charge in [0.05, 0.1) is 6.20 Å². The minimum absolute atomic E-state index is 0.143. The maximum Gasteiger partial charge on any atom is 0.255 e. The molecule has 2 heterocycles. The first-order valence-corrected chi connectivity index (χ1v) is 10.9. The second-order valence-electron chi connectivity index (χ2n) is 8.29. The Kier molecular flexibility index (Phi) is 5.48. The standard InChI is InChI=1S/C25H25N7O/c1-16-4-3-5-18(12-16)25(33)30-20-7-6-17(2)21(13-20)31-23-10-11-28-32(23)24-14-22(26-15-27-24)29-19-8-9-19/h3-7,10-15,19,31H,8-9H2,1-2H3,(H,30,33)(H,26,27,29). The summed E-state index contributed by atoms with van der Waals surface area (Å²) < 4.78 is 1.73. The molecule has 0 radical (unpaired) electrons. The third kappa shape index (κ3) is 4.85. The summed E-state index contributed by atoms with van der Waals surface area (Å²) in [4.78, 5) is 21.4. The summed E-state index contributed by atoms with van der Waals surface area (Å²) in [6.07, 6.45) is 5.60. The Morgan fingerprint density at radius 1 is 1.03 bits per heavy atom. The average Bonchev–Trinajstić information content (AvgIpc) is 3.50. The van der Waals surface area contributed by atoms with Crippen molar-refractivity contribution in [3.63, 3.8) is 0 Å². The number of anilines is 4. The van der Waals surface area contributed by atoms with E-state index in [1.807, 2.05) is 68.4 Å². The van der Waals surface area contributed by atoms with Gasteiger partial charge < -0.3 is 16.0 Å². The molecule has 0 bridgehead atoms.